The van der Waals surface area contributed by atoms with Gasteiger partial charge in [-0.3, -0.25) is 0 Å². The zero-order chi connectivity index (χ0) is 13.1. The van der Waals surface area contributed by atoms with Crippen molar-refractivity contribution in [3.05, 3.63) is 34.9 Å². The standard InChI is InChI=1S/C15H18O3/c1-9-5-4-6-14(3)8-15(17)12(7-11(9)14)10(2)13(16)18-15/h4-6,11,17H,7-8H2,1-3H3/t11-,14+,15-/m0/s1. The van der Waals surface area contributed by atoms with E-state index in [0.29, 0.717) is 24.3 Å². The van der Waals surface area contributed by atoms with Gasteiger partial charge in [-0.2, -0.15) is 0 Å². The van der Waals surface area contributed by atoms with E-state index in [0.717, 1.165) is 5.57 Å². The summed E-state index contributed by atoms with van der Waals surface area (Å²) in [5, 5.41) is 10.6. The molecule has 1 heterocycles. The van der Waals surface area contributed by atoms with E-state index in [9.17, 15) is 9.90 Å². The Balaban J connectivity index is 2.08. The third kappa shape index (κ3) is 1.37. The molecule has 3 rings (SSSR count). The molecule has 96 valence electrons. The smallest absolute Gasteiger partial charge is 0.336 e. The number of rotatable bonds is 0. The number of aliphatic hydroxyl groups is 1. The Morgan fingerprint density at radius 1 is 1.44 bits per heavy atom. The molecule has 0 bridgehead atoms. The van der Waals surface area contributed by atoms with Crippen molar-refractivity contribution >= 4 is 5.97 Å². The van der Waals surface area contributed by atoms with Gasteiger partial charge in [0, 0.05) is 17.6 Å². The molecular weight excluding hydrogens is 228 g/mol. The molecule has 0 radical (unpaired) electrons. The van der Waals surface area contributed by atoms with Crippen molar-refractivity contribution in [3.8, 4) is 0 Å². The van der Waals surface area contributed by atoms with E-state index in [-0.39, 0.29) is 11.4 Å². The zero-order valence-electron chi connectivity index (χ0n) is 11.0. The predicted octanol–water partition coefficient (Wildman–Crippen LogP) is 2.48. The highest BCUT2D eigenvalue weighted by Gasteiger charge is 2.55. The van der Waals surface area contributed by atoms with Crippen LogP contribution in [0.25, 0.3) is 0 Å². The third-order valence-electron chi connectivity index (χ3n) is 4.70. The number of hydrogen-bond donors (Lipinski definition) is 1. The van der Waals surface area contributed by atoms with Gasteiger partial charge in [0.25, 0.3) is 0 Å². The Labute approximate surface area is 107 Å². The summed E-state index contributed by atoms with van der Waals surface area (Å²) in [6, 6.07) is 0. The lowest BCUT2D eigenvalue weighted by molar-refractivity contribution is -0.197. The van der Waals surface area contributed by atoms with Gasteiger partial charge in [-0.05, 0) is 31.6 Å². The first-order chi connectivity index (χ1) is 8.36. The number of hydrogen-bond acceptors (Lipinski definition) is 3. The van der Waals surface area contributed by atoms with Crippen LogP contribution in [0.4, 0.5) is 0 Å². The van der Waals surface area contributed by atoms with E-state index >= 15 is 0 Å². The van der Waals surface area contributed by atoms with Crippen LogP contribution in [0.5, 0.6) is 0 Å². The van der Waals surface area contributed by atoms with Crippen LogP contribution >= 0.6 is 0 Å². The molecule has 1 saturated carbocycles. The summed E-state index contributed by atoms with van der Waals surface area (Å²) in [7, 11) is 0. The molecule has 0 aromatic carbocycles. The Bertz CT molecular complexity index is 526. The maximum atomic E-state index is 11.7. The maximum Gasteiger partial charge on any atom is 0.336 e. The van der Waals surface area contributed by atoms with E-state index < -0.39 is 5.79 Å². The lowest BCUT2D eigenvalue weighted by Crippen LogP contribution is -2.46. The number of allylic oxidation sites excluding steroid dienone is 4. The summed E-state index contributed by atoms with van der Waals surface area (Å²) in [6.45, 7) is 5.99. The fourth-order valence-electron chi connectivity index (χ4n) is 3.63. The molecule has 0 aromatic rings. The van der Waals surface area contributed by atoms with Gasteiger partial charge < -0.3 is 9.84 Å². The van der Waals surface area contributed by atoms with Crippen LogP contribution in [0.2, 0.25) is 0 Å². The highest BCUT2D eigenvalue weighted by molar-refractivity contribution is 5.92. The highest BCUT2D eigenvalue weighted by Crippen LogP contribution is 2.55. The van der Waals surface area contributed by atoms with Gasteiger partial charge in [0.2, 0.25) is 5.79 Å². The Morgan fingerprint density at radius 3 is 2.89 bits per heavy atom. The molecule has 2 aliphatic carbocycles. The second-order valence-electron chi connectivity index (χ2n) is 5.99. The first kappa shape index (κ1) is 11.7. The number of carbonyl (C=O) groups excluding carboxylic acids is 1. The average Bonchev–Trinajstić information content (AvgIpc) is 2.46. The van der Waals surface area contributed by atoms with Crippen LogP contribution < -0.4 is 0 Å². The second kappa shape index (κ2) is 3.35. The van der Waals surface area contributed by atoms with Gasteiger partial charge in [0.1, 0.15) is 0 Å². The molecule has 1 aliphatic heterocycles. The van der Waals surface area contributed by atoms with E-state index in [1.165, 1.54) is 5.57 Å². The summed E-state index contributed by atoms with van der Waals surface area (Å²) in [5.74, 6) is -1.41. The van der Waals surface area contributed by atoms with Crippen molar-refractivity contribution in [3.63, 3.8) is 0 Å². The number of fused-ring (bicyclic) bond motifs is 2. The molecule has 18 heavy (non-hydrogen) atoms. The van der Waals surface area contributed by atoms with E-state index in [2.05, 4.69) is 26.0 Å². The lowest BCUT2D eigenvalue weighted by atomic mass is 9.60. The molecule has 0 saturated heterocycles. The van der Waals surface area contributed by atoms with Crippen molar-refractivity contribution < 1.29 is 14.6 Å². The molecule has 3 atom stereocenters. The number of esters is 1. The summed E-state index contributed by atoms with van der Waals surface area (Å²) < 4.78 is 5.20. The van der Waals surface area contributed by atoms with Crippen LogP contribution in [-0.2, 0) is 9.53 Å². The molecule has 3 nitrogen and oxygen atoms in total. The molecule has 0 aromatic heterocycles. The molecule has 1 N–H and O–H groups in total. The largest absolute Gasteiger partial charge is 0.426 e. The second-order valence-corrected chi connectivity index (χ2v) is 5.99. The minimum Gasteiger partial charge on any atom is -0.426 e. The number of carbonyl (C=O) groups is 1. The highest BCUT2D eigenvalue weighted by atomic mass is 16.7. The van der Waals surface area contributed by atoms with E-state index in [1.807, 2.05) is 6.08 Å². The SMILES string of the molecule is CC1=CC=C[C@]2(C)C[C@]3(O)OC(=O)C(C)=C3C[C@@H]12. The lowest BCUT2D eigenvalue weighted by Gasteiger charge is -2.47. The van der Waals surface area contributed by atoms with Crippen LogP contribution in [0, 0.1) is 11.3 Å². The van der Waals surface area contributed by atoms with Gasteiger partial charge in [0.05, 0.1) is 0 Å². The maximum absolute atomic E-state index is 11.7. The van der Waals surface area contributed by atoms with Gasteiger partial charge in [-0.1, -0.05) is 30.7 Å². The fourth-order valence-corrected chi connectivity index (χ4v) is 3.63. The van der Waals surface area contributed by atoms with Crippen molar-refractivity contribution in [1.29, 1.82) is 0 Å². The molecular formula is C15H18O3. The summed E-state index contributed by atoms with van der Waals surface area (Å²) in [5.41, 5.74) is 2.53. The fraction of sp³-hybridized carbons (Fsp3) is 0.533. The van der Waals surface area contributed by atoms with Crippen molar-refractivity contribution in [1.82, 2.24) is 0 Å². The van der Waals surface area contributed by atoms with Crippen LogP contribution in [0.1, 0.15) is 33.6 Å². The minimum atomic E-state index is -1.38. The summed E-state index contributed by atoms with van der Waals surface area (Å²) >= 11 is 0. The van der Waals surface area contributed by atoms with Gasteiger partial charge in [-0.25, -0.2) is 4.79 Å². The molecule has 3 aliphatic rings. The van der Waals surface area contributed by atoms with Gasteiger partial charge in [0.15, 0.2) is 0 Å². The average molecular weight is 246 g/mol. The normalized spacial score (nSPS) is 42.3. The topological polar surface area (TPSA) is 46.5 Å². The van der Waals surface area contributed by atoms with Crippen LogP contribution in [-0.4, -0.2) is 16.9 Å². The Hall–Kier alpha value is -1.35. The first-order valence-corrected chi connectivity index (χ1v) is 6.38. The van der Waals surface area contributed by atoms with E-state index in [1.54, 1.807) is 6.92 Å². The zero-order valence-corrected chi connectivity index (χ0v) is 11.0. The first-order valence-electron chi connectivity index (χ1n) is 6.38. The third-order valence-corrected chi connectivity index (χ3v) is 4.70. The molecule has 1 fully saturated rings. The van der Waals surface area contributed by atoms with Crippen LogP contribution in [0.3, 0.4) is 0 Å². The van der Waals surface area contributed by atoms with Crippen molar-refractivity contribution in [2.45, 2.75) is 39.4 Å². The van der Waals surface area contributed by atoms with Crippen LogP contribution in [0.15, 0.2) is 34.9 Å². The van der Waals surface area contributed by atoms with E-state index in [4.69, 9.17) is 4.74 Å². The Kier molecular flexibility index (Phi) is 2.18. The molecule has 0 unspecified atom stereocenters. The minimum absolute atomic E-state index is 0.137. The quantitative estimate of drug-likeness (QED) is 0.668. The summed E-state index contributed by atoms with van der Waals surface area (Å²) in [6.07, 6.45) is 7.43. The Morgan fingerprint density at radius 2 is 2.17 bits per heavy atom. The predicted molar refractivity (Wildman–Crippen MR) is 67.5 cm³/mol. The molecule has 0 amide bonds. The molecule has 0 spiro atoms. The van der Waals surface area contributed by atoms with Gasteiger partial charge in [-0.15, -0.1) is 0 Å². The van der Waals surface area contributed by atoms with Gasteiger partial charge >= 0.3 is 5.97 Å². The monoisotopic (exact) mass is 246 g/mol. The summed E-state index contributed by atoms with van der Waals surface area (Å²) in [4.78, 5) is 11.7. The molecule has 3 heteroatoms. The van der Waals surface area contributed by atoms with Crippen molar-refractivity contribution in [2.24, 2.45) is 11.3 Å². The number of ether oxygens (including phenoxy) is 1. The van der Waals surface area contributed by atoms with Crippen molar-refractivity contribution in [2.75, 3.05) is 0 Å².